The van der Waals surface area contributed by atoms with Crippen molar-refractivity contribution in [3.8, 4) is 0 Å². The average Bonchev–Trinajstić information content (AvgIpc) is 2.52. The zero-order chi connectivity index (χ0) is 11.7. The van der Waals surface area contributed by atoms with Crippen LogP contribution in [0.3, 0.4) is 0 Å². The summed E-state index contributed by atoms with van der Waals surface area (Å²) in [6.45, 7) is 0.765. The minimum atomic E-state index is -0.416. The Kier molecular flexibility index (Phi) is 3.56. The lowest BCUT2D eigenvalue weighted by atomic mass is 10.3. The molecule has 0 unspecified atom stereocenters. The summed E-state index contributed by atoms with van der Waals surface area (Å²) in [7, 11) is 0. The largest absolute Gasteiger partial charge is 0.331 e. The minimum absolute atomic E-state index is 0.112. The second-order valence-electron chi connectivity index (χ2n) is 3.36. The molecule has 0 aliphatic rings. The third-order valence-corrected chi connectivity index (χ3v) is 3.54. The van der Waals surface area contributed by atoms with Gasteiger partial charge < -0.3 is 9.55 Å². The van der Waals surface area contributed by atoms with Gasteiger partial charge in [0.25, 0.3) is 0 Å². The highest BCUT2D eigenvalue weighted by Crippen LogP contribution is 2.22. The van der Waals surface area contributed by atoms with Crippen molar-refractivity contribution >= 4 is 46.6 Å². The summed E-state index contributed by atoms with van der Waals surface area (Å²) in [6.07, 6.45) is 2.02. The molecule has 1 N–H and O–H groups in total. The number of benzene rings is 1. The van der Waals surface area contributed by atoms with Gasteiger partial charge in [0.2, 0.25) is 0 Å². The molecule has 0 saturated heterocycles. The van der Waals surface area contributed by atoms with Crippen LogP contribution in [0.1, 0.15) is 0 Å². The standard InChI is InChI=1S/C10H10ClFN2S2/c1-16-3-2-14-9-5-7(12)6(11)4-8(9)13-10(14)15/h4-5H,2-3H2,1H3,(H,13,15). The number of imidazole rings is 1. The van der Waals surface area contributed by atoms with Gasteiger partial charge in [0.1, 0.15) is 5.82 Å². The Bertz CT molecular complexity index is 576. The number of hydrogen-bond donors (Lipinski definition) is 1. The van der Waals surface area contributed by atoms with E-state index in [2.05, 4.69) is 4.98 Å². The SMILES string of the molecule is CSCCn1c(=S)[nH]c2cc(Cl)c(F)cc21. The number of H-pyrrole nitrogens is 1. The van der Waals surface area contributed by atoms with Crippen molar-refractivity contribution < 1.29 is 4.39 Å². The maximum atomic E-state index is 13.4. The molecular formula is C10H10ClFN2S2. The minimum Gasteiger partial charge on any atom is -0.331 e. The van der Waals surface area contributed by atoms with Gasteiger partial charge in [0, 0.05) is 18.4 Å². The Balaban J connectivity index is 2.60. The van der Waals surface area contributed by atoms with Crippen molar-refractivity contribution in [3.63, 3.8) is 0 Å². The smallest absolute Gasteiger partial charge is 0.178 e. The zero-order valence-corrected chi connectivity index (χ0v) is 11.0. The van der Waals surface area contributed by atoms with Gasteiger partial charge in [-0.2, -0.15) is 11.8 Å². The van der Waals surface area contributed by atoms with Crippen molar-refractivity contribution in [2.75, 3.05) is 12.0 Å². The van der Waals surface area contributed by atoms with E-state index in [9.17, 15) is 4.39 Å². The molecule has 0 aliphatic carbocycles. The molecule has 1 heterocycles. The van der Waals surface area contributed by atoms with E-state index in [4.69, 9.17) is 23.8 Å². The van der Waals surface area contributed by atoms with Crippen molar-refractivity contribution in [1.82, 2.24) is 9.55 Å². The summed E-state index contributed by atoms with van der Waals surface area (Å²) in [5, 5.41) is 0.112. The first kappa shape index (κ1) is 12.0. The highest BCUT2D eigenvalue weighted by molar-refractivity contribution is 7.98. The summed E-state index contributed by atoms with van der Waals surface area (Å²) in [4.78, 5) is 3.02. The fourth-order valence-corrected chi connectivity index (χ4v) is 2.38. The van der Waals surface area contributed by atoms with Crippen LogP contribution in [0.5, 0.6) is 0 Å². The number of aromatic amines is 1. The van der Waals surface area contributed by atoms with E-state index in [1.165, 1.54) is 6.07 Å². The Morgan fingerprint density at radius 1 is 1.56 bits per heavy atom. The van der Waals surface area contributed by atoms with E-state index in [0.717, 1.165) is 23.3 Å². The maximum Gasteiger partial charge on any atom is 0.178 e. The van der Waals surface area contributed by atoms with Crippen LogP contribution >= 0.6 is 35.6 Å². The van der Waals surface area contributed by atoms with E-state index in [-0.39, 0.29) is 5.02 Å². The Morgan fingerprint density at radius 2 is 2.31 bits per heavy atom. The highest BCUT2D eigenvalue weighted by atomic mass is 35.5. The van der Waals surface area contributed by atoms with Gasteiger partial charge in [0.15, 0.2) is 4.77 Å². The first-order valence-electron chi connectivity index (χ1n) is 4.70. The number of nitrogens with one attached hydrogen (secondary N) is 1. The van der Waals surface area contributed by atoms with E-state index in [0.29, 0.717) is 4.77 Å². The molecule has 0 radical (unpaired) electrons. The molecule has 16 heavy (non-hydrogen) atoms. The molecule has 0 bridgehead atoms. The summed E-state index contributed by atoms with van der Waals surface area (Å²) >= 11 is 12.6. The lowest BCUT2D eigenvalue weighted by molar-refractivity contribution is 0.628. The maximum absolute atomic E-state index is 13.4. The van der Waals surface area contributed by atoms with Crippen molar-refractivity contribution in [1.29, 1.82) is 0 Å². The van der Waals surface area contributed by atoms with Crippen LogP contribution in [0, 0.1) is 10.6 Å². The number of hydrogen-bond acceptors (Lipinski definition) is 2. The van der Waals surface area contributed by atoms with E-state index < -0.39 is 5.82 Å². The highest BCUT2D eigenvalue weighted by Gasteiger charge is 2.08. The lowest BCUT2D eigenvalue weighted by Gasteiger charge is -2.03. The summed E-state index contributed by atoms with van der Waals surface area (Å²) in [5.41, 5.74) is 1.54. The van der Waals surface area contributed by atoms with Gasteiger partial charge >= 0.3 is 0 Å². The molecule has 0 saturated carbocycles. The van der Waals surface area contributed by atoms with Crippen molar-refractivity contribution in [2.24, 2.45) is 0 Å². The quantitative estimate of drug-likeness (QED) is 0.860. The number of aromatic nitrogens is 2. The predicted molar refractivity (Wildman–Crippen MR) is 70.5 cm³/mol. The van der Waals surface area contributed by atoms with Gasteiger partial charge in [-0.15, -0.1) is 0 Å². The number of aryl methyl sites for hydroxylation is 1. The molecule has 0 spiro atoms. The Morgan fingerprint density at radius 3 is 3.00 bits per heavy atom. The van der Waals surface area contributed by atoms with E-state index in [1.54, 1.807) is 17.8 Å². The molecule has 6 heteroatoms. The monoisotopic (exact) mass is 276 g/mol. The summed E-state index contributed by atoms with van der Waals surface area (Å²) < 4.78 is 15.9. The molecule has 0 fully saturated rings. The first-order valence-corrected chi connectivity index (χ1v) is 6.88. The zero-order valence-electron chi connectivity index (χ0n) is 8.59. The summed E-state index contributed by atoms with van der Waals surface area (Å²) in [6, 6.07) is 2.99. The van der Waals surface area contributed by atoms with Gasteiger partial charge in [-0.05, 0) is 24.5 Å². The van der Waals surface area contributed by atoms with Gasteiger partial charge in [0.05, 0.1) is 16.1 Å². The fourth-order valence-electron chi connectivity index (χ4n) is 1.56. The second kappa shape index (κ2) is 4.77. The molecule has 1 aromatic heterocycles. The fraction of sp³-hybridized carbons (Fsp3) is 0.300. The number of thioether (sulfide) groups is 1. The van der Waals surface area contributed by atoms with Crippen LogP contribution in [0.15, 0.2) is 12.1 Å². The molecular weight excluding hydrogens is 267 g/mol. The van der Waals surface area contributed by atoms with Crippen molar-refractivity contribution in [3.05, 3.63) is 27.7 Å². The molecule has 2 aromatic rings. The third-order valence-electron chi connectivity index (χ3n) is 2.34. The molecule has 0 amide bonds. The van der Waals surface area contributed by atoms with Crippen molar-refractivity contribution in [2.45, 2.75) is 6.54 Å². The molecule has 0 atom stereocenters. The van der Waals surface area contributed by atoms with Crippen LogP contribution in [-0.4, -0.2) is 21.6 Å². The van der Waals surface area contributed by atoms with Gasteiger partial charge in [-0.1, -0.05) is 11.6 Å². The summed E-state index contributed by atoms with van der Waals surface area (Å²) in [5.74, 6) is 0.520. The van der Waals surface area contributed by atoms with Crippen LogP contribution in [0.4, 0.5) is 4.39 Å². The number of rotatable bonds is 3. The molecule has 0 aliphatic heterocycles. The lowest BCUT2D eigenvalue weighted by Crippen LogP contribution is -2.00. The molecule has 2 nitrogen and oxygen atoms in total. The van der Waals surface area contributed by atoms with Gasteiger partial charge in [-0.3, -0.25) is 0 Å². The number of fused-ring (bicyclic) bond motifs is 1. The Labute approximate surface area is 107 Å². The third kappa shape index (κ3) is 2.12. The van der Waals surface area contributed by atoms with Crippen LogP contribution < -0.4 is 0 Å². The van der Waals surface area contributed by atoms with Crippen LogP contribution in [0.25, 0.3) is 11.0 Å². The molecule has 2 rings (SSSR count). The number of nitrogens with zero attached hydrogens (tertiary/aromatic N) is 1. The predicted octanol–water partition coefficient (Wildman–Crippen LogP) is 3.85. The van der Waals surface area contributed by atoms with E-state index in [1.807, 2.05) is 10.8 Å². The topological polar surface area (TPSA) is 20.7 Å². The first-order chi connectivity index (χ1) is 7.63. The number of halogens is 2. The van der Waals surface area contributed by atoms with Gasteiger partial charge in [-0.25, -0.2) is 4.39 Å². The Hall–Kier alpha value is -0.520. The molecule has 1 aromatic carbocycles. The normalized spacial score (nSPS) is 11.2. The van der Waals surface area contributed by atoms with Crippen LogP contribution in [0.2, 0.25) is 5.02 Å². The second-order valence-corrected chi connectivity index (χ2v) is 5.14. The average molecular weight is 277 g/mol. The molecule has 86 valence electrons. The van der Waals surface area contributed by atoms with E-state index >= 15 is 0 Å². The van der Waals surface area contributed by atoms with Crippen LogP contribution in [-0.2, 0) is 6.54 Å².